The Morgan fingerprint density at radius 2 is 1.94 bits per heavy atom. The van der Waals surface area contributed by atoms with Crippen molar-refractivity contribution < 1.29 is 13.9 Å². The molecule has 2 unspecified atom stereocenters. The van der Waals surface area contributed by atoms with E-state index in [0.29, 0.717) is 5.56 Å². The summed E-state index contributed by atoms with van der Waals surface area (Å²) in [6.07, 6.45) is -1.53. The molecule has 2 atom stereocenters. The summed E-state index contributed by atoms with van der Waals surface area (Å²) in [4.78, 5) is 11.6. The first-order valence-electron chi connectivity index (χ1n) is 5.01. The summed E-state index contributed by atoms with van der Waals surface area (Å²) in [7, 11) is 1.19. The number of rotatable bonds is 3. The number of carbonyl (C=O) groups excluding carboxylic acids is 1. The quantitative estimate of drug-likeness (QED) is 0.796. The number of benzene rings is 1. The van der Waals surface area contributed by atoms with E-state index >= 15 is 0 Å². The molecule has 0 radical (unpaired) electrons. The van der Waals surface area contributed by atoms with Crippen molar-refractivity contribution in [1.82, 2.24) is 0 Å². The first-order chi connectivity index (χ1) is 7.42. The summed E-state index contributed by atoms with van der Waals surface area (Å²) in [5.41, 5.74) is 5.52. The highest BCUT2D eigenvalue weighted by Gasteiger charge is 2.43. The molecule has 0 aromatic heterocycles. The summed E-state index contributed by atoms with van der Waals surface area (Å²) in [5, 5.41) is 0. The fourth-order valence-electron chi connectivity index (χ4n) is 1.51. The molecular weight excluding hydrogens is 209 g/mol. The molecule has 0 saturated carbocycles. The first-order valence-corrected chi connectivity index (χ1v) is 5.01. The van der Waals surface area contributed by atoms with Crippen LogP contribution in [-0.2, 0) is 15.1 Å². The molecule has 2 N–H and O–H groups in total. The number of alkyl halides is 1. The molecule has 1 rings (SSSR count). The Morgan fingerprint density at radius 1 is 1.44 bits per heavy atom. The van der Waals surface area contributed by atoms with Crippen molar-refractivity contribution in [2.45, 2.75) is 25.6 Å². The molecule has 1 aromatic rings. The van der Waals surface area contributed by atoms with Crippen LogP contribution < -0.4 is 5.73 Å². The number of methoxy groups -OCH3 is 1. The lowest BCUT2D eigenvalue weighted by atomic mass is 9.86. The minimum atomic E-state index is -1.73. The summed E-state index contributed by atoms with van der Waals surface area (Å²) >= 11 is 0. The van der Waals surface area contributed by atoms with Gasteiger partial charge in [0.25, 0.3) is 0 Å². The Hall–Kier alpha value is -1.42. The Labute approximate surface area is 94.4 Å². The highest BCUT2D eigenvalue weighted by atomic mass is 19.1. The molecule has 4 heteroatoms. The maximum Gasteiger partial charge on any atom is 0.333 e. The summed E-state index contributed by atoms with van der Waals surface area (Å²) < 4.78 is 18.1. The summed E-state index contributed by atoms with van der Waals surface area (Å²) in [5.74, 6) is -0.772. The van der Waals surface area contributed by atoms with Crippen LogP contribution in [0.4, 0.5) is 4.39 Å². The highest BCUT2D eigenvalue weighted by molar-refractivity contribution is 5.83. The third kappa shape index (κ3) is 2.07. The summed E-state index contributed by atoms with van der Waals surface area (Å²) in [6.45, 7) is 3.15. The Morgan fingerprint density at radius 3 is 2.31 bits per heavy atom. The van der Waals surface area contributed by atoms with E-state index in [1.165, 1.54) is 14.0 Å². The Bertz CT molecular complexity index is 375. The van der Waals surface area contributed by atoms with Gasteiger partial charge in [0.1, 0.15) is 6.17 Å². The van der Waals surface area contributed by atoms with E-state index in [0.717, 1.165) is 5.56 Å². The van der Waals surface area contributed by atoms with E-state index in [9.17, 15) is 9.18 Å². The van der Waals surface area contributed by atoms with Gasteiger partial charge in [0.05, 0.1) is 7.11 Å². The molecule has 0 aliphatic heterocycles. The van der Waals surface area contributed by atoms with Gasteiger partial charge >= 0.3 is 5.97 Å². The van der Waals surface area contributed by atoms with Gasteiger partial charge in [0.2, 0.25) is 0 Å². The van der Waals surface area contributed by atoms with Crippen molar-refractivity contribution in [3.63, 3.8) is 0 Å². The maximum absolute atomic E-state index is 13.5. The van der Waals surface area contributed by atoms with Gasteiger partial charge in [-0.2, -0.15) is 0 Å². The highest BCUT2D eigenvalue weighted by Crippen LogP contribution is 2.26. The van der Waals surface area contributed by atoms with Crippen LogP contribution in [0.25, 0.3) is 0 Å². The predicted molar refractivity (Wildman–Crippen MR) is 59.6 cm³/mol. The van der Waals surface area contributed by atoms with Gasteiger partial charge in [0, 0.05) is 0 Å². The van der Waals surface area contributed by atoms with E-state index in [4.69, 9.17) is 5.73 Å². The zero-order valence-corrected chi connectivity index (χ0v) is 9.66. The van der Waals surface area contributed by atoms with E-state index in [1.54, 1.807) is 24.3 Å². The molecule has 0 bridgehead atoms. The lowest BCUT2D eigenvalue weighted by Crippen LogP contribution is -2.52. The van der Waals surface area contributed by atoms with Crippen LogP contribution in [0.1, 0.15) is 18.1 Å². The lowest BCUT2D eigenvalue weighted by Gasteiger charge is -2.28. The standard InChI is InChI=1S/C12H16FNO2/c1-8-4-6-10(7-5-8)12(14,9(2)13)11(15)16-3/h4-7,9H,14H2,1-3H3. The number of carbonyl (C=O) groups is 1. The third-order valence-corrected chi connectivity index (χ3v) is 2.68. The van der Waals surface area contributed by atoms with Crippen molar-refractivity contribution in [2.75, 3.05) is 7.11 Å². The van der Waals surface area contributed by atoms with Gasteiger partial charge in [-0.05, 0) is 19.4 Å². The normalized spacial score (nSPS) is 16.3. The molecule has 0 aliphatic carbocycles. The van der Waals surface area contributed by atoms with Crippen LogP contribution in [0, 0.1) is 6.92 Å². The van der Waals surface area contributed by atoms with Gasteiger partial charge in [-0.25, -0.2) is 9.18 Å². The van der Waals surface area contributed by atoms with Crippen molar-refractivity contribution in [3.8, 4) is 0 Å². The van der Waals surface area contributed by atoms with E-state index in [-0.39, 0.29) is 0 Å². The molecule has 0 heterocycles. The number of ether oxygens (including phenoxy) is 1. The second-order valence-corrected chi connectivity index (χ2v) is 3.84. The number of hydrogen-bond donors (Lipinski definition) is 1. The van der Waals surface area contributed by atoms with Crippen LogP contribution >= 0.6 is 0 Å². The largest absolute Gasteiger partial charge is 0.467 e. The van der Waals surface area contributed by atoms with Gasteiger partial charge in [-0.1, -0.05) is 29.8 Å². The van der Waals surface area contributed by atoms with Gasteiger partial charge in [0.15, 0.2) is 5.54 Å². The first kappa shape index (κ1) is 12.6. The van der Waals surface area contributed by atoms with E-state index in [2.05, 4.69) is 4.74 Å². The number of aryl methyl sites for hydroxylation is 1. The maximum atomic E-state index is 13.5. The molecule has 0 saturated heterocycles. The van der Waals surface area contributed by atoms with E-state index < -0.39 is 17.7 Å². The molecule has 1 aromatic carbocycles. The number of hydrogen-bond acceptors (Lipinski definition) is 3. The molecule has 0 aliphatic rings. The molecule has 0 amide bonds. The molecule has 0 fully saturated rings. The van der Waals surface area contributed by atoms with Crippen molar-refractivity contribution >= 4 is 5.97 Å². The SMILES string of the molecule is COC(=O)C(N)(c1ccc(C)cc1)C(C)F. The molecule has 88 valence electrons. The van der Waals surface area contributed by atoms with Crippen molar-refractivity contribution in [2.24, 2.45) is 5.73 Å². The van der Waals surface area contributed by atoms with Gasteiger partial charge in [-0.15, -0.1) is 0 Å². The van der Waals surface area contributed by atoms with Crippen LogP contribution in [0.5, 0.6) is 0 Å². The van der Waals surface area contributed by atoms with Crippen LogP contribution in [0.15, 0.2) is 24.3 Å². The fraction of sp³-hybridized carbons (Fsp3) is 0.417. The smallest absolute Gasteiger partial charge is 0.333 e. The zero-order valence-electron chi connectivity index (χ0n) is 9.66. The minimum absolute atomic E-state index is 0.417. The third-order valence-electron chi connectivity index (χ3n) is 2.68. The van der Waals surface area contributed by atoms with Gasteiger partial charge < -0.3 is 10.5 Å². The second kappa shape index (κ2) is 4.61. The van der Waals surface area contributed by atoms with Crippen LogP contribution in [0.2, 0.25) is 0 Å². The zero-order chi connectivity index (χ0) is 12.3. The molecule has 3 nitrogen and oxygen atoms in total. The van der Waals surface area contributed by atoms with Crippen LogP contribution in [0.3, 0.4) is 0 Å². The average Bonchev–Trinajstić information content (AvgIpc) is 2.27. The average molecular weight is 225 g/mol. The number of esters is 1. The number of halogens is 1. The predicted octanol–water partition coefficient (Wildman–Crippen LogP) is 1.68. The fourth-order valence-corrected chi connectivity index (χ4v) is 1.51. The molecule has 0 spiro atoms. The van der Waals surface area contributed by atoms with Gasteiger partial charge in [-0.3, -0.25) is 0 Å². The molecule has 16 heavy (non-hydrogen) atoms. The summed E-state index contributed by atoms with van der Waals surface area (Å²) in [6, 6.07) is 6.84. The van der Waals surface area contributed by atoms with E-state index in [1.807, 2.05) is 6.92 Å². The monoisotopic (exact) mass is 225 g/mol. The second-order valence-electron chi connectivity index (χ2n) is 3.84. The van der Waals surface area contributed by atoms with Crippen molar-refractivity contribution in [1.29, 1.82) is 0 Å². The minimum Gasteiger partial charge on any atom is -0.467 e. The van der Waals surface area contributed by atoms with Crippen LogP contribution in [-0.4, -0.2) is 19.3 Å². The molecular formula is C12H16FNO2. The topological polar surface area (TPSA) is 52.3 Å². The van der Waals surface area contributed by atoms with Crippen molar-refractivity contribution in [3.05, 3.63) is 35.4 Å². The Kier molecular flexibility index (Phi) is 3.65. The lowest BCUT2D eigenvalue weighted by molar-refractivity contribution is -0.150. The Balaban J connectivity index is 3.21. The number of nitrogens with two attached hydrogens (primary N) is 1.